The van der Waals surface area contributed by atoms with E-state index < -0.39 is 0 Å². The fraction of sp³-hybridized carbons (Fsp3) is 0. The summed E-state index contributed by atoms with van der Waals surface area (Å²) in [5, 5.41) is 16.8. The molecule has 0 amide bonds. The van der Waals surface area contributed by atoms with Crippen LogP contribution in [-0.4, -0.2) is 25.8 Å². The van der Waals surface area contributed by atoms with Crippen LogP contribution in [0.15, 0.2) is 16.9 Å². The lowest BCUT2D eigenvalue weighted by Crippen LogP contribution is -1.74. The first-order valence-electron chi connectivity index (χ1n) is 3.27. The Morgan fingerprint density at radius 2 is 2.42 bits per heavy atom. The summed E-state index contributed by atoms with van der Waals surface area (Å²) >= 11 is 0. The zero-order valence-corrected chi connectivity index (χ0v) is 6.01. The van der Waals surface area contributed by atoms with Crippen LogP contribution < -0.4 is 0 Å². The van der Waals surface area contributed by atoms with Crippen molar-refractivity contribution in [1.82, 2.24) is 25.8 Å². The maximum Gasteiger partial charge on any atom is 0.197 e. The van der Waals surface area contributed by atoms with E-state index in [1.54, 1.807) is 18.2 Å². The molecule has 1 N–H and O–H groups in total. The van der Waals surface area contributed by atoms with E-state index in [0.29, 0.717) is 5.82 Å². The van der Waals surface area contributed by atoms with Gasteiger partial charge in [-0.2, -0.15) is 5.21 Å². The van der Waals surface area contributed by atoms with Gasteiger partial charge in [-0.25, -0.2) is 0 Å². The normalized spacial score (nSPS) is 11.0. The van der Waals surface area contributed by atoms with Gasteiger partial charge in [0, 0.05) is 6.07 Å². The smallest absolute Gasteiger partial charge is 0.197 e. The zero-order valence-electron chi connectivity index (χ0n) is 6.01. The average molecular weight is 163 g/mol. The zero-order chi connectivity index (χ0) is 8.23. The third-order valence-electron chi connectivity index (χ3n) is 1.22. The highest BCUT2D eigenvalue weighted by molar-refractivity contribution is 5.63. The maximum atomic E-state index is 4.62. The molecule has 0 saturated heterocycles. The van der Waals surface area contributed by atoms with Gasteiger partial charge >= 0.3 is 0 Å². The second-order valence-corrected chi connectivity index (χ2v) is 2.03. The number of hydrogen-bond donors (Lipinski definition) is 1. The van der Waals surface area contributed by atoms with Crippen LogP contribution in [0.1, 0.15) is 11.5 Å². The number of hydrogen-bond acceptors (Lipinski definition) is 5. The van der Waals surface area contributed by atoms with E-state index in [1.807, 2.05) is 0 Å². The largest absolute Gasteiger partial charge is 0.364 e. The Bertz CT molecular complexity index is 313. The molecule has 12 heavy (non-hydrogen) atoms. The van der Waals surface area contributed by atoms with Crippen LogP contribution in [-0.2, 0) is 0 Å². The molecule has 6 heteroatoms. The topological polar surface area (TPSA) is 80.5 Å². The van der Waals surface area contributed by atoms with Crippen LogP contribution in [0.5, 0.6) is 0 Å². The minimum atomic E-state index is 0.512. The molecular weight excluding hydrogens is 158 g/mol. The highest BCUT2D eigenvalue weighted by atomic mass is 16.5. The molecule has 0 aliphatic heterocycles. The molecule has 0 bridgehead atoms. The van der Waals surface area contributed by atoms with Crippen molar-refractivity contribution in [2.45, 2.75) is 0 Å². The van der Waals surface area contributed by atoms with Crippen LogP contribution in [0.25, 0.3) is 12.2 Å². The number of tetrazole rings is 1. The van der Waals surface area contributed by atoms with Crippen molar-refractivity contribution in [2.24, 2.45) is 0 Å². The summed E-state index contributed by atoms with van der Waals surface area (Å²) < 4.78 is 4.62. The maximum absolute atomic E-state index is 4.62. The van der Waals surface area contributed by atoms with E-state index in [2.05, 4.69) is 30.3 Å². The van der Waals surface area contributed by atoms with E-state index in [-0.39, 0.29) is 0 Å². The predicted octanol–water partition coefficient (Wildman–Crippen LogP) is 0.358. The van der Waals surface area contributed by atoms with E-state index >= 15 is 0 Å². The van der Waals surface area contributed by atoms with Crippen LogP contribution >= 0.6 is 0 Å². The fourth-order valence-corrected chi connectivity index (χ4v) is 0.708. The SMILES string of the molecule is C(=Cc1nn[nH]n1)c1ccon1. The van der Waals surface area contributed by atoms with Crippen molar-refractivity contribution >= 4 is 12.2 Å². The molecule has 2 heterocycles. The van der Waals surface area contributed by atoms with Gasteiger partial charge < -0.3 is 4.52 Å². The monoisotopic (exact) mass is 163 g/mol. The van der Waals surface area contributed by atoms with Gasteiger partial charge in [0.2, 0.25) is 0 Å². The molecule has 2 rings (SSSR count). The number of rotatable bonds is 2. The van der Waals surface area contributed by atoms with Gasteiger partial charge in [0.15, 0.2) is 5.82 Å². The minimum Gasteiger partial charge on any atom is -0.364 e. The van der Waals surface area contributed by atoms with E-state index in [9.17, 15) is 0 Å². The summed E-state index contributed by atoms with van der Waals surface area (Å²) in [5.41, 5.74) is 0.722. The fourth-order valence-electron chi connectivity index (χ4n) is 0.708. The van der Waals surface area contributed by atoms with Crippen LogP contribution in [0.3, 0.4) is 0 Å². The molecule has 6 nitrogen and oxygen atoms in total. The van der Waals surface area contributed by atoms with Gasteiger partial charge in [-0.15, -0.1) is 10.2 Å². The molecule has 2 aromatic rings. The van der Waals surface area contributed by atoms with Gasteiger partial charge in [0.1, 0.15) is 12.0 Å². The molecule has 0 radical (unpaired) electrons. The first-order chi connectivity index (χ1) is 5.95. The van der Waals surface area contributed by atoms with Crippen molar-refractivity contribution in [1.29, 1.82) is 0 Å². The quantitative estimate of drug-likeness (QED) is 0.691. The molecular formula is C6H5N5O. The second-order valence-electron chi connectivity index (χ2n) is 2.03. The minimum absolute atomic E-state index is 0.512. The van der Waals surface area contributed by atoms with Crippen molar-refractivity contribution in [3.63, 3.8) is 0 Å². The van der Waals surface area contributed by atoms with Gasteiger partial charge in [-0.3, -0.25) is 0 Å². The molecule has 0 aliphatic carbocycles. The first-order valence-corrected chi connectivity index (χ1v) is 3.27. The number of H-pyrrole nitrogens is 1. The molecule has 0 fully saturated rings. The van der Waals surface area contributed by atoms with Crippen molar-refractivity contribution < 1.29 is 4.52 Å². The van der Waals surface area contributed by atoms with Gasteiger partial charge in [0.25, 0.3) is 0 Å². The Balaban J connectivity index is 2.14. The van der Waals surface area contributed by atoms with Crippen molar-refractivity contribution in [2.75, 3.05) is 0 Å². The van der Waals surface area contributed by atoms with E-state index in [1.165, 1.54) is 6.26 Å². The van der Waals surface area contributed by atoms with Crippen molar-refractivity contribution in [3.05, 3.63) is 23.8 Å². The second kappa shape index (κ2) is 2.95. The Hall–Kier alpha value is -1.98. The average Bonchev–Trinajstić information content (AvgIpc) is 2.74. The Kier molecular flexibility index (Phi) is 1.65. The van der Waals surface area contributed by atoms with Crippen LogP contribution in [0.2, 0.25) is 0 Å². The Labute approximate surface area is 67.3 Å². The number of aromatic amines is 1. The summed E-state index contributed by atoms with van der Waals surface area (Å²) in [6, 6.07) is 1.73. The van der Waals surface area contributed by atoms with Gasteiger partial charge in [0.05, 0.1) is 0 Å². The van der Waals surface area contributed by atoms with Crippen molar-refractivity contribution in [3.8, 4) is 0 Å². The summed E-state index contributed by atoms with van der Waals surface area (Å²) in [6.07, 6.45) is 4.91. The Morgan fingerprint density at radius 3 is 3.08 bits per heavy atom. The highest BCUT2D eigenvalue weighted by Gasteiger charge is 1.91. The predicted molar refractivity (Wildman–Crippen MR) is 39.6 cm³/mol. The molecule has 0 saturated carbocycles. The summed E-state index contributed by atoms with van der Waals surface area (Å²) in [5.74, 6) is 0.512. The summed E-state index contributed by atoms with van der Waals surface area (Å²) in [6.45, 7) is 0. The summed E-state index contributed by atoms with van der Waals surface area (Å²) in [4.78, 5) is 0. The highest BCUT2D eigenvalue weighted by Crippen LogP contribution is 1.99. The summed E-state index contributed by atoms with van der Waals surface area (Å²) in [7, 11) is 0. The van der Waals surface area contributed by atoms with Gasteiger partial charge in [-0.05, 0) is 17.4 Å². The molecule has 0 atom stereocenters. The molecule has 0 spiro atoms. The molecule has 0 aromatic carbocycles. The molecule has 0 aliphatic rings. The number of aromatic nitrogens is 5. The van der Waals surface area contributed by atoms with Crippen LogP contribution in [0, 0.1) is 0 Å². The lowest BCUT2D eigenvalue weighted by Gasteiger charge is -1.76. The third-order valence-corrected chi connectivity index (χ3v) is 1.22. The standard InChI is InChI=1S/C6H5N5O/c1(5-3-4-12-9-5)2-6-7-10-11-8-6/h1-4H,(H,7,8,10,11). The third kappa shape index (κ3) is 1.36. The lowest BCUT2D eigenvalue weighted by molar-refractivity contribution is 0.418. The van der Waals surface area contributed by atoms with Gasteiger partial charge in [-0.1, -0.05) is 5.16 Å². The number of nitrogens with one attached hydrogen (secondary N) is 1. The van der Waals surface area contributed by atoms with E-state index in [4.69, 9.17) is 0 Å². The van der Waals surface area contributed by atoms with Crippen LogP contribution in [0.4, 0.5) is 0 Å². The van der Waals surface area contributed by atoms with E-state index in [0.717, 1.165) is 5.69 Å². The molecule has 60 valence electrons. The number of nitrogens with zero attached hydrogens (tertiary/aromatic N) is 4. The Morgan fingerprint density at radius 1 is 1.42 bits per heavy atom. The molecule has 2 aromatic heterocycles. The lowest BCUT2D eigenvalue weighted by atomic mass is 10.4. The first kappa shape index (κ1) is 6.71. The molecule has 0 unspecified atom stereocenters.